The Morgan fingerprint density at radius 1 is 1.07 bits per heavy atom. The van der Waals surface area contributed by atoms with E-state index in [4.69, 9.17) is 9.47 Å². The molecule has 0 atom stereocenters. The molecular weight excluding hydrogens is 388 g/mol. The van der Waals surface area contributed by atoms with Crippen LogP contribution in [0, 0.1) is 0 Å². The van der Waals surface area contributed by atoms with Crippen molar-refractivity contribution in [3.63, 3.8) is 0 Å². The molecule has 0 aliphatic heterocycles. The third kappa shape index (κ3) is 6.57. The Kier molecular flexibility index (Phi) is 7.58. The number of para-hydroxylation sites is 1. The van der Waals surface area contributed by atoms with Gasteiger partial charge in [-0.25, -0.2) is 4.98 Å². The van der Waals surface area contributed by atoms with Gasteiger partial charge in [0.1, 0.15) is 5.75 Å². The predicted octanol–water partition coefficient (Wildman–Crippen LogP) is 4.59. The van der Waals surface area contributed by atoms with Gasteiger partial charge >= 0.3 is 5.97 Å². The summed E-state index contributed by atoms with van der Waals surface area (Å²) in [7, 11) is 0. The van der Waals surface area contributed by atoms with Gasteiger partial charge < -0.3 is 14.8 Å². The van der Waals surface area contributed by atoms with Crippen molar-refractivity contribution in [1.82, 2.24) is 4.98 Å². The van der Waals surface area contributed by atoms with Gasteiger partial charge in [0.25, 0.3) is 5.91 Å². The van der Waals surface area contributed by atoms with Crippen molar-refractivity contribution < 1.29 is 19.1 Å². The summed E-state index contributed by atoms with van der Waals surface area (Å²) in [6.07, 6.45) is 2.69. The largest absolute Gasteiger partial charge is 0.494 e. The minimum Gasteiger partial charge on any atom is -0.494 e. The highest BCUT2D eigenvalue weighted by Gasteiger charge is 2.09. The summed E-state index contributed by atoms with van der Waals surface area (Å²) in [4.78, 5) is 28.3. The maximum Gasteiger partial charge on any atom is 0.306 e. The number of fused-ring (bicyclic) bond motifs is 1. The fourth-order valence-corrected chi connectivity index (χ4v) is 3.80. The molecular formula is C22H24N2O4S. The van der Waals surface area contributed by atoms with Crippen LogP contribution in [-0.2, 0) is 20.7 Å². The van der Waals surface area contributed by atoms with Gasteiger partial charge in [-0.15, -0.1) is 11.3 Å². The summed E-state index contributed by atoms with van der Waals surface area (Å²) >= 11 is 1.69. The van der Waals surface area contributed by atoms with Gasteiger partial charge in [0.15, 0.2) is 6.61 Å². The first kappa shape index (κ1) is 20.8. The third-order valence-electron chi connectivity index (χ3n) is 4.17. The molecule has 152 valence electrons. The van der Waals surface area contributed by atoms with Crippen molar-refractivity contribution in [2.75, 3.05) is 18.5 Å². The number of aromatic nitrogens is 1. The number of rotatable bonds is 10. The number of thiazole rings is 1. The normalized spacial score (nSPS) is 10.7. The quantitative estimate of drug-likeness (QED) is 0.389. The lowest BCUT2D eigenvalue weighted by atomic mass is 10.2. The first-order valence-corrected chi connectivity index (χ1v) is 10.5. The molecule has 1 heterocycles. The van der Waals surface area contributed by atoms with Gasteiger partial charge in [0.05, 0.1) is 21.8 Å². The summed E-state index contributed by atoms with van der Waals surface area (Å²) in [5, 5.41) is 3.77. The van der Waals surface area contributed by atoms with Crippen molar-refractivity contribution in [1.29, 1.82) is 0 Å². The highest BCUT2D eigenvalue weighted by atomic mass is 32.1. The zero-order valence-electron chi connectivity index (χ0n) is 16.3. The van der Waals surface area contributed by atoms with Gasteiger partial charge in [-0.3, -0.25) is 9.59 Å². The number of anilines is 1. The number of ether oxygens (including phenoxy) is 2. The van der Waals surface area contributed by atoms with Crippen LogP contribution >= 0.6 is 11.3 Å². The molecule has 0 fully saturated rings. The maximum absolute atomic E-state index is 11.9. The molecule has 2 aromatic carbocycles. The lowest BCUT2D eigenvalue weighted by Crippen LogP contribution is -2.20. The number of carbonyl (C=O) groups is 2. The second-order valence-electron chi connectivity index (χ2n) is 6.45. The molecule has 0 spiro atoms. The van der Waals surface area contributed by atoms with Crippen LogP contribution in [0.2, 0.25) is 0 Å². The minimum absolute atomic E-state index is 0.288. The number of hydrogen-bond donors (Lipinski definition) is 1. The van der Waals surface area contributed by atoms with Crippen LogP contribution in [0.25, 0.3) is 10.2 Å². The molecule has 0 unspecified atom stereocenters. The van der Waals surface area contributed by atoms with E-state index in [0.29, 0.717) is 25.1 Å². The second-order valence-corrected chi connectivity index (χ2v) is 7.56. The summed E-state index contributed by atoms with van der Waals surface area (Å²) < 4.78 is 11.6. The van der Waals surface area contributed by atoms with Gasteiger partial charge in [-0.05, 0) is 62.6 Å². The molecule has 1 aromatic heterocycles. The number of esters is 1. The van der Waals surface area contributed by atoms with E-state index < -0.39 is 0 Å². The highest BCUT2D eigenvalue weighted by Crippen LogP contribution is 2.23. The summed E-state index contributed by atoms with van der Waals surface area (Å²) in [5.74, 6) is 0.0101. The molecule has 1 amide bonds. The van der Waals surface area contributed by atoms with Crippen molar-refractivity contribution in [2.24, 2.45) is 0 Å². The lowest BCUT2D eigenvalue weighted by molar-refractivity contribution is -0.147. The third-order valence-corrected chi connectivity index (χ3v) is 5.27. The SMILES string of the molecule is CCOc1ccc(NC(=O)COC(=O)CCCCc2nc3ccccc3s2)cc1. The van der Waals surface area contributed by atoms with E-state index in [2.05, 4.69) is 16.4 Å². The molecule has 3 rings (SSSR count). The Hall–Kier alpha value is -2.93. The van der Waals surface area contributed by atoms with E-state index in [1.54, 1.807) is 35.6 Å². The van der Waals surface area contributed by atoms with Crippen molar-refractivity contribution >= 4 is 39.1 Å². The molecule has 0 aliphatic carbocycles. The molecule has 0 saturated heterocycles. The second kappa shape index (κ2) is 10.6. The van der Waals surface area contributed by atoms with E-state index >= 15 is 0 Å². The van der Waals surface area contributed by atoms with Crippen LogP contribution in [0.15, 0.2) is 48.5 Å². The van der Waals surface area contributed by atoms with Crippen LogP contribution in [0.4, 0.5) is 5.69 Å². The maximum atomic E-state index is 11.9. The Labute approximate surface area is 173 Å². The zero-order chi connectivity index (χ0) is 20.5. The summed E-state index contributed by atoms with van der Waals surface area (Å²) in [6.45, 7) is 2.21. The molecule has 0 aliphatic rings. The van der Waals surface area contributed by atoms with Crippen molar-refractivity contribution in [2.45, 2.75) is 32.6 Å². The predicted molar refractivity (Wildman–Crippen MR) is 114 cm³/mol. The first-order valence-electron chi connectivity index (χ1n) is 9.67. The van der Waals surface area contributed by atoms with Crippen LogP contribution in [-0.4, -0.2) is 30.1 Å². The number of unbranched alkanes of at least 4 members (excludes halogenated alkanes) is 1. The molecule has 1 N–H and O–H groups in total. The number of nitrogens with one attached hydrogen (secondary N) is 1. The van der Waals surface area contributed by atoms with Crippen LogP contribution in [0.3, 0.4) is 0 Å². The molecule has 6 nitrogen and oxygen atoms in total. The zero-order valence-corrected chi connectivity index (χ0v) is 17.2. The number of hydrogen-bond acceptors (Lipinski definition) is 6. The van der Waals surface area contributed by atoms with Crippen LogP contribution in [0.5, 0.6) is 5.75 Å². The van der Waals surface area contributed by atoms with Gasteiger partial charge in [0.2, 0.25) is 0 Å². The standard InChI is InChI=1S/C22H24N2O4S/c1-2-27-17-13-11-16(12-14-17)23-20(25)15-28-22(26)10-6-5-9-21-24-18-7-3-4-8-19(18)29-21/h3-4,7-8,11-14H,2,5-6,9-10,15H2,1H3,(H,23,25). The Morgan fingerprint density at radius 2 is 1.86 bits per heavy atom. The molecule has 29 heavy (non-hydrogen) atoms. The van der Waals surface area contributed by atoms with E-state index in [-0.39, 0.29) is 18.5 Å². The molecule has 0 saturated carbocycles. The number of benzene rings is 2. The lowest BCUT2D eigenvalue weighted by Gasteiger charge is -2.08. The molecule has 7 heteroatoms. The van der Waals surface area contributed by atoms with Crippen LogP contribution < -0.4 is 10.1 Å². The summed E-state index contributed by atoms with van der Waals surface area (Å²) in [6, 6.07) is 15.1. The monoisotopic (exact) mass is 412 g/mol. The Bertz CT molecular complexity index is 920. The van der Waals surface area contributed by atoms with E-state index in [1.165, 1.54) is 4.70 Å². The molecule has 3 aromatic rings. The minimum atomic E-state index is -0.365. The van der Waals surface area contributed by atoms with Gasteiger partial charge in [-0.1, -0.05) is 12.1 Å². The first-order chi connectivity index (χ1) is 14.1. The smallest absolute Gasteiger partial charge is 0.306 e. The van der Waals surface area contributed by atoms with Gasteiger partial charge in [0, 0.05) is 12.1 Å². The van der Waals surface area contributed by atoms with Crippen molar-refractivity contribution in [3.8, 4) is 5.75 Å². The average molecular weight is 413 g/mol. The Morgan fingerprint density at radius 3 is 2.62 bits per heavy atom. The molecule has 0 radical (unpaired) electrons. The highest BCUT2D eigenvalue weighted by molar-refractivity contribution is 7.18. The summed E-state index contributed by atoms with van der Waals surface area (Å²) in [5.41, 5.74) is 1.65. The average Bonchev–Trinajstić information content (AvgIpc) is 3.14. The number of carbonyl (C=O) groups excluding carboxylic acids is 2. The fourth-order valence-electron chi connectivity index (χ4n) is 2.79. The van der Waals surface area contributed by atoms with E-state index in [1.807, 2.05) is 25.1 Å². The van der Waals surface area contributed by atoms with Crippen molar-refractivity contribution in [3.05, 3.63) is 53.5 Å². The van der Waals surface area contributed by atoms with Crippen LogP contribution in [0.1, 0.15) is 31.2 Å². The number of amides is 1. The van der Waals surface area contributed by atoms with Gasteiger partial charge in [-0.2, -0.15) is 0 Å². The Balaban J connectivity index is 1.31. The number of aryl methyl sites for hydroxylation is 1. The van der Waals surface area contributed by atoms with E-state index in [0.717, 1.165) is 29.1 Å². The molecule has 0 bridgehead atoms. The number of nitrogens with zero attached hydrogens (tertiary/aromatic N) is 1. The topological polar surface area (TPSA) is 77.5 Å². The fraction of sp³-hybridized carbons (Fsp3) is 0.318. The van der Waals surface area contributed by atoms with E-state index in [9.17, 15) is 9.59 Å².